The van der Waals surface area contributed by atoms with Crippen molar-refractivity contribution in [2.75, 3.05) is 12.9 Å². The molecule has 1 N–H and O–H groups in total. The van der Waals surface area contributed by atoms with E-state index in [2.05, 4.69) is 20.3 Å². The molecule has 1 aromatic rings. The molecule has 82 valence electrons. The van der Waals surface area contributed by atoms with E-state index < -0.39 is 11.9 Å². The first-order chi connectivity index (χ1) is 7.13. The largest absolute Gasteiger partial charge is 0.480 e. The first kappa shape index (κ1) is 11.4. The van der Waals surface area contributed by atoms with E-state index in [9.17, 15) is 9.59 Å². The van der Waals surface area contributed by atoms with E-state index in [1.165, 1.54) is 7.11 Å². The van der Waals surface area contributed by atoms with Crippen LogP contribution >= 0.6 is 11.8 Å². The van der Waals surface area contributed by atoms with Gasteiger partial charge < -0.3 is 9.84 Å². The highest BCUT2D eigenvalue weighted by molar-refractivity contribution is 7.99. The fourth-order valence-electron chi connectivity index (χ4n) is 0.710. The predicted octanol–water partition coefficient (Wildman–Crippen LogP) is -0.977. The summed E-state index contributed by atoms with van der Waals surface area (Å²) in [5.74, 6) is -1.44. The molecule has 1 rings (SSSR count). The second kappa shape index (κ2) is 5.29. The number of carbonyl (C=O) groups is 2. The van der Waals surface area contributed by atoms with Crippen LogP contribution in [0.5, 0.6) is 0 Å². The van der Waals surface area contributed by atoms with Crippen molar-refractivity contribution in [3.8, 4) is 0 Å². The second-order valence-electron chi connectivity index (χ2n) is 2.38. The summed E-state index contributed by atoms with van der Waals surface area (Å²) in [4.78, 5) is 21.2. The van der Waals surface area contributed by atoms with Crippen LogP contribution < -0.4 is 0 Å². The number of methoxy groups -OCH3 is 1. The zero-order valence-corrected chi connectivity index (χ0v) is 8.60. The summed E-state index contributed by atoms with van der Waals surface area (Å²) in [6.45, 7) is -0.337. The van der Waals surface area contributed by atoms with Crippen LogP contribution in [0.3, 0.4) is 0 Å². The molecule has 0 atom stereocenters. The molecule has 0 spiro atoms. The van der Waals surface area contributed by atoms with Crippen LogP contribution in [0.25, 0.3) is 0 Å². The Kier molecular flexibility index (Phi) is 4.03. The highest BCUT2D eigenvalue weighted by Gasteiger charge is 2.11. The van der Waals surface area contributed by atoms with Crippen molar-refractivity contribution in [3.05, 3.63) is 0 Å². The molecule has 0 radical (unpaired) electrons. The second-order valence-corrected chi connectivity index (χ2v) is 3.32. The highest BCUT2D eigenvalue weighted by Crippen LogP contribution is 2.13. The fraction of sp³-hybridized carbons (Fsp3) is 0.500. The van der Waals surface area contributed by atoms with Crippen molar-refractivity contribution in [2.45, 2.75) is 11.7 Å². The van der Waals surface area contributed by atoms with Gasteiger partial charge in [0.25, 0.3) is 0 Å². The van der Waals surface area contributed by atoms with Gasteiger partial charge in [-0.3, -0.25) is 9.59 Å². The molecule has 8 nitrogen and oxygen atoms in total. The molecule has 1 heterocycles. The fourth-order valence-corrected chi connectivity index (χ4v) is 1.42. The van der Waals surface area contributed by atoms with Crippen molar-refractivity contribution in [1.82, 2.24) is 20.2 Å². The van der Waals surface area contributed by atoms with Crippen molar-refractivity contribution in [3.63, 3.8) is 0 Å². The molecule has 0 fully saturated rings. The smallest absolute Gasteiger partial charge is 0.325 e. The van der Waals surface area contributed by atoms with Crippen molar-refractivity contribution < 1.29 is 19.4 Å². The SMILES string of the molecule is COC(=O)CSc1nnnn1CC(=O)O. The summed E-state index contributed by atoms with van der Waals surface area (Å²) in [7, 11) is 1.27. The molecule has 0 saturated heterocycles. The van der Waals surface area contributed by atoms with Gasteiger partial charge in [-0.2, -0.15) is 0 Å². The quantitative estimate of drug-likeness (QED) is 0.510. The first-order valence-electron chi connectivity index (χ1n) is 3.81. The lowest BCUT2D eigenvalue weighted by Crippen LogP contribution is -2.12. The molecule has 1 aromatic heterocycles. The van der Waals surface area contributed by atoms with E-state index in [1.54, 1.807) is 0 Å². The number of esters is 1. The third-order valence-electron chi connectivity index (χ3n) is 1.33. The van der Waals surface area contributed by atoms with Gasteiger partial charge in [0.05, 0.1) is 12.9 Å². The summed E-state index contributed by atoms with van der Waals surface area (Å²) >= 11 is 1.02. The molecule has 0 saturated carbocycles. The summed E-state index contributed by atoms with van der Waals surface area (Å²) in [6.07, 6.45) is 0. The molecule has 9 heteroatoms. The van der Waals surface area contributed by atoms with Gasteiger partial charge in [-0.25, -0.2) is 4.68 Å². The number of aliphatic carboxylic acids is 1. The third-order valence-corrected chi connectivity index (χ3v) is 2.26. The lowest BCUT2D eigenvalue weighted by Gasteiger charge is -1.99. The van der Waals surface area contributed by atoms with E-state index in [4.69, 9.17) is 5.11 Å². The number of carboxylic acid groups (broad SMARTS) is 1. The van der Waals surface area contributed by atoms with Crippen LogP contribution in [-0.2, 0) is 20.9 Å². The molecule has 0 aliphatic carbocycles. The Labute approximate surface area is 88.6 Å². The van der Waals surface area contributed by atoms with Crippen LogP contribution in [0.1, 0.15) is 0 Å². The van der Waals surface area contributed by atoms with Gasteiger partial charge in [0, 0.05) is 0 Å². The topological polar surface area (TPSA) is 107 Å². The minimum Gasteiger partial charge on any atom is -0.480 e. The molecule has 0 unspecified atom stereocenters. The van der Waals surface area contributed by atoms with Gasteiger partial charge in [-0.15, -0.1) is 5.10 Å². The van der Waals surface area contributed by atoms with Crippen LogP contribution in [0.15, 0.2) is 5.16 Å². The Bertz CT molecular complexity index is 366. The van der Waals surface area contributed by atoms with Crippen molar-refractivity contribution in [2.24, 2.45) is 0 Å². The normalized spacial score (nSPS) is 9.93. The number of thioether (sulfide) groups is 1. The minimum atomic E-state index is -1.05. The van der Waals surface area contributed by atoms with Gasteiger partial charge in [-0.05, 0) is 10.4 Å². The third kappa shape index (κ3) is 3.54. The van der Waals surface area contributed by atoms with E-state index in [0.717, 1.165) is 16.4 Å². The Hall–Kier alpha value is -1.64. The number of hydrogen-bond acceptors (Lipinski definition) is 7. The van der Waals surface area contributed by atoms with Crippen LogP contribution in [0.2, 0.25) is 0 Å². The number of ether oxygens (including phenoxy) is 1. The molecule has 0 aliphatic rings. The number of hydrogen-bond donors (Lipinski definition) is 1. The molecule has 15 heavy (non-hydrogen) atoms. The van der Waals surface area contributed by atoms with Crippen LogP contribution in [-0.4, -0.2) is 50.1 Å². The maximum absolute atomic E-state index is 10.8. The predicted molar refractivity (Wildman–Crippen MR) is 48.2 cm³/mol. The maximum atomic E-state index is 10.8. The number of aromatic nitrogens is 4. The highest BCUT2D eigenvalue weighted by atomic mass is 32.2. The van der Waals surface area contributed by atoms with Crippen molar-refractivity contribution >= 4 is 23.7 Å². The Balaban J connectivity index is 2.57. The van der Waals surface area contributed by atoms with Gasteiger partial charge in [0.1, 0.15) is 6.54 Å². The first-order valence-corrected chi connectivity index (χ1v) is 4.79. The van der Waals surface area contributed by atoms with E-state index in [-0.39, 0.29) is 17.5 Å². The molecular weight excluding hydrogens is 224 g/mol. The Morgan fingerprint density at radius 3 is 2.93 bits per heavy atom. The van der Waals surface area contributed by atoms with E-state index >= 15 is 0 Å². The summed E-state index contributed by atoms with van der Waals surface area (Å²) in [5.41, 5.74) is 0. The molecular formula is C6H8N4O4S. The van der Waals surface area contributed by atoms with Gasteiger partial charge in [-0.1, -0.05) is 11.8 Å². The zero-order chi connectivity index (χ0) is 11.3. The maximum Gasteiger partial charge on any atom is 0.325 e. The van der Waals surface area contributed by atoms with Crippen molar-refractivity contribution in [1.29, 1.82) is 0 Å². The molecule has 0 aromatic carbocycles. The molecule has 0 aliphatic heterocycles. The lowest BCUT2D eigenvalue weighted by molar-refractivity contribution is -0.138. The standard InChI is InChI=1S/C6H8N4O4S/c1-14-5(13)3-15-6-7-8-9-10(6)2-4(11)12/h2-3H2,1H3,(H,11,12). The number of nitrogens with zero attached hydrogens (tertiary/aromatic N) is 4. The van der Waals surface area contributed by atoms with Crippen LogP contribution in [0.4, 0.5) is 0 Å². The lowest BCUT2D eigenvalue weighted by atomic mass is 10.7. The number of carboxylic acids is 1. The van der Waals surface area contributed by atoms with Crippen LogP contribution in [0, 0.1) is 0 Å². The van der Waals surface area contributed by atoms with Gasteiger partial charge in [0.15, 0.2) is 0 Å². The summed E-state index contributed by atoms with van der Waals surface area (Å²) < 4.78 is 5.51. The average Bonchev–Trinajstić information content (AvgIpc) is 2.61. The number of rotatable bonds is 5. The average molecular weight is 232 g/mol. The minimum absolute atomic E-state index is 0.0382. The Morgan fingerprint density at radius 1 is 1.60 bits per heavy atom. The van der Waals surface area contributed by atoms with Gasteiger partial charge in [0.2, 0.25) is 5.16 Å². The molecule has 0 amide bonds. The number of tetrazole rings is 1. The number of carbonyl (C=O) groups excluding carboxylic acids is 1. The Morgan fingerprint density at radius 2 is 2.33 bits per heavy atom. The summed E-state index contributed by atoms with van der Waals surface area (Å²) in [6, 6.07) is 0. The zero-order valence-electron chi connectivity index (χ0n) is 7.78. The monoisotopic (exact) mass is 232 g/mol. The van der Waals surface area contributed by atoms with Gasteiger partial charge >= 0.3 is 11.9 Å². The molecule has 0 bridgehead atoms. The van der Waals surface area contributed by atoms with E-state index in [1.807, 2.05) is 0 Å². The van der Waals surface area contributed by atoms with E-state index in [0.29, 0.717) is 0 Å². The summed E-state index contributed by atoms with van der Waals surface area (Å²) in [5, 5.41) is 19.1.